The first-order valence-electron chi connectivity index (χ1n) is 5.18. The monoisotopic (exact) mass is 258 g/mol. The largest absolute Gasteiger partial charge is 0.478 e. The van der Waals surface area contributed by atoms with Gasteiger partial charge in [0, 0.05) is 23.9 Å². The number of carboxylic acids is 1. The van der Waals surface area contributed by atoms with Crippen LogP contribution in [-0.4, -0.2) is 40.6 Å². The first-order chi connectivity index (χ1) is 8.08. The SMILES string of the molecule is O=C(O)/C=C/C(=O)NC(=O)NC1CCCSC1. The number of carbonyl (C=O) groups excluding carboxylic acids is 2. The number of imide groups is 1. The zero-order valence-corrected chi connectivity index (χ0v) is 9.96. The van der Waals surface area contributed by atoms with Crippen molar-refractivity contribution in [2.45, 2.75) is 18.9 Å². The number of urea groups is 1. The maximum absolute atomic E-state index is 11.3. The van der Waals surface area contributed by atoms with Crippen LogP contribution < -0.4 is 10.6 Å². The van der Waals surface area contributed by atoms with Gasteiger partial charge >= 0.3 is 12.0 Å². The van der Waals surface area contributed by atoms with Crippen molar-refractivity contribution in [2.24, 2.45) is 0 Å². The lowest BCUT2D eigenvalue weighted by Gasteiger charge is -2.22. The molecule has 0 radical (unpaired) electrons. The van der Waals surface area contributed by atoms with Gasteiger partial charge in [-0.3, -0.25) is 10.1 Å². The molecule has 1 heterocycles. The Labute approximate surface area is 103 Å². The van der Waals surface area contributed by atoms with Crippen LogP contribution in [0.25, 0.3) is 0 Å². The van der Waals surface area contributed by atoms with Gasteiger partial charge in [0.2, 0.25) is 0 Å². The van der Waals surface area contributed by atoms with E-state index in [0.717, 1.165) is 30.4 Å². The summed E-state index contributed by atoms with van der Waals surface area (Å²) in [6, 6.07) is -0.512. The molecule has 1 atom stereocenters. The summed E-state index contributed by atoms with van der Waals surface area (Å²) in [6.07, 6.45) is 3.43. The number of nitrogens with one attached hydrogen (secondary N) is 2. The number of aliphatic carboxylic acids is 1. The third-order valence-electron chi connectivity index (χ3n) is 2.11. The Morgan fingerprint density at radius 3 is 2.65 bits per heavy atom. The smallest absolute Gasteiger partial charge is 0.328 e. The Hall–Kier alpha value is -1.50. The van der Waals surface area contributed by atoms with Crippen LogP contribution in [-0.2, 0) is 9.59 Å². The summed E-state index contributed by atoms with van der Waals surface area (Å²) in [6.45, 7) is 0. The van der Waals surface area contributed by atoms with Gasteiger partial charge < -0.3 is 10.4 Å². The first-order valence-corrected chi connectivity index (χ1v) is 6.33. The molecule has 94 valence electrons. The zero-order valence-electron chi connectivity index (χ0n) is 9.14. The average molecular weight is 258 g/mol. The zero-order chi connectivity index (χ0) is 12.7. The fraction of sp³-hybridized carbons (Fsp3) is 0.500. The van der Waals surface area contributed by atoms with Gasteiger partial charge in [-0.1, -0.05) is 0 Å². The van der Waals surface area contributed by atoms with E-state index in [9.17, 15) is 14.4 Å². The van der Waals surface area contributed by atoms with Crippen LogP contribution in [0.1, 0.15) is 12.8 Å². The van der Waals surface area contributed by atoms with Crippen LogP contribution in [0.15, 0.2) is 12.2 Å². The Balaban J connectivity index is 2.28. The summed E-state index contributed by atoms with van der Waals surface area (Å²) in [5.41, 5.74) is 0. The molecule has 3 amide bonds. The third-order valence-corrected chi connectivity index (χ3v) is 3.32. The van der Waals surface area contributed by atoms with Crippen LogP contribution in [0, 0.1) is 0 Å². The van der Waals surface area contributed by atoms with E-state index in [1.165, 1.54) is 0 Å². The molecule has 1 rings (SSSR count). The Morgan fingerprint density at radius 2 is 2.06 bits per heavy atom. The lowest BCUT2D eigenvalue weighted by atomic mass is 10.2. The molecule has 1 unspecified atom stereocenters. The highest BCUT2D eigenvalue weighted by Crippen LogP contribution is 2.16. The van der Waals surface area contributed by atoms with Crippen LogP contribution in [0.5, 0.6) is 0 Å². The second kappa shape index (κ2) is 6.95. The quantitative estimate of drug-likeness (QED) is 0.635. The normalized spacial score (nSPS) is 19.9. The van der Waals surface area contributed by atoms with E-state index in [2.05, 4.69) is 5.32 Å². The Bertz CT molecular complexity index is 337. The molecular weight excluding hydrogens is 244 g/mol. The number of hydrogen-bond acceptors (Lipinski definition) is 4. The van der Waals surface area contributed by atoms with Crippen LogP contribution >= 0.6 is 11.8 Å². The molecule has 0 aromatic carbocycles. The fourth-order valence-corrected chi connectivity index (χ4v) is 2.45. The Kier molecular flexibility index (Phi) is 5.55. The number of thioether (sulfide) groups is 1. The van der Waals surface area contributed by atoms with Crippen molar-refractivity contribution < 1.29 is 19.5 Å². The van der Waals surface area contributed by atoms with Crippen molar-refractivity contribution in [2.75, 3.05) is 11.5 Å². The van der Waals surface area contributed by atoms with E-state index in [4.69, 9.17) is 5.11 Å². The van der Waals surface area contributed by atoms with Crippen molar-refractivity contribution in [3.63, 3.8) is 0 Å². The average Bonchev–Trinajstić information content (AvgIpc) is 2.27. The van der Waals surface area contributed by atoms with Crippen molar-refractivity contribution in [3.8, 4) is 0 Å². The van der Waals surface area contributed by atoms with Gasteiger partial charge in [0.05, 0.1) is 0 Å². The molecule has 3 N–H and O–H groups in total. The summed E-state index contributed by atoms with van der Waals surface area (Å²) in [4.78, 5) is 32.5. The molecule has 0 aromatic heterocycles. The van der Waals surface area contributed by atoms with Crippen molar-refractivity contribution >= 4 is 29.7 Å². The highest BCUT2D eigenvalue weighted by atomic mass is 32.2. The van der Waals surface area contributed by atoms with Gasteiger partial charge in [-0.2, -0.15) is 11.8 Å². The number of rotatable bonds is 3. The van der Waals surface area contributed by atoms with E-state index in [0.29, 0.717) is 6.08 Å². The summed E-state index contributed by atoms with van der Waals surface area (Å²) < 4.78 is 0. The van der Waals surface area contributed by atoms with Gasteiger partial charge in [0.1, 0.15) is 0 Å². The maximum Gasteiger partial charge on any atom is 0.328 e. The first kappa shape index (κ1) is 13.6. The molecule has 0 bridgehead atoms. The standard InChI is InChI=1S/C10H14N2O4S/c13-8(3-4-9(14)15)12-10(16)11-7-2-1-5-17-6-7/h3-4,7H,1-2,5-6H2,(H,14,15)(H2,11,12,13,16)/b4-3+. The van der Waals surface area contributed by atoms with Gasteiger partial charge in [-0.25, -0.2) is 9.59 Å². The molecule has 0 spiro atoms. The molecule has 1 saturated heterocycles. The molecule has 1 aliphatic heterocycles. The molecule has 1 aliphatic rings. The van der Waals surface area contributed by atoms with E-state index >= 15 is 0 Å². The summed E-state index contributed by atoms with van der Waals surface area (Å²) in [5.74, 6) is -0.0373. The summed E-state index contributed by atoms with van der Waals surface area (Å²) in [5, 5.41) is 13.0. The number of carbonyl (C=O) groups is 3. The minimum Gasteiger partial charge on any atom is -0.478 e. The van der Waals surface area contributed by atoms with E-state index in [1.54, 1.807) is 11.8 Å². The van der Waals surface area contributed by atoms with Gasteiger partial charge in [-0.15, -0.1) is 0 Å². The number of hydrogen-bond donors (Lipinski definition) is 3. The van der Waals surface area contributed by atoms with Gasteiger partial charge in [-0.05, 0) is 18.6 Å². The molecule has 6 nitrogen and oxygen atoms in total. The van der Waals surface area contributed by atoms with E-state index in [1.807, 2.05) is 5.32 Å². The molecule has 17 heavy (non-hydrogen) atoms. The van der Waals surface area contributed by atoms with Gasteiger partial charge in [0.25, 0.3) is 5.91 Å². The second-order valence-electron chi connectivity index (χ2n) is 3.55. The molecule has 1 fully saturated rings. The van der Waals surface area contributed by atoms with Crippen molar-refractivity contribution in [1.82, 2.24) is 10.6 Å². The van der Waals surface area contributed by atoms with E-state index in [-0.39, 0.29) is 6.04 Å². The number of carboxylic acid groups (broad SMARTS) is 1. The topological polar surface area (TPSA) is 95.5 Å². The molecule has 7 heteroatoms. The minimum atomic E-state index is -1.23. The third kappa shape index (κ3) is 5.96. The second-order valence-corrected chi connectivity index (χ2v) is 4.70. The highest BCUT2D eigenvalue weighted by Gasteiger charge is 2.16. The maximum atomic E-state index is 11.3. The molecule has 0 saturated carbocycles. The summed E-state index contributed by atoms with van der Waals surface area (Å²) >= 11 is 1.76. The Morgan fingerprint density at radius 1 is 1.29 bits per heavy atom. The van der Waals surface area contributed by atoms with Gasteiger partial charge in [0.15, 0.2) is 0 Å². The fourth-order valence-electron chi connectivity index (χ4n) is 1.38. The predicted molar refractivity (Wildman–Crippen MR) is 63.8 cm³/mol. The molecule has 0 aliphatic carbocycles. The molecular formula is C10H14N2O4S. The molecule has 0 aromatic rings. The highest BCUT2D eigenvalue weighted by molar-refractivity contribution is 7.99. The number of amides is 3. The van der Waals surface area contributed by atoms with Crippen LogP contribution in [0.3, 0.4) is 0 Å². The van der Waals surface area contributed by atoms with Crippen LogP contribution in [0.4, 0.5) is 4.79 Å². The van der Waals surface area contributed by atoms with Crippen LogP contribution in [0.2, 0.25) is 0 Å². The van der Waals surface area contributed by atoms with Crippen molar-refractivity contribution in [3.05, 3.63) is 12.2 Å². The van der Waals surface area contributed by atoms with Crippen molar-refractivity contribution in [1.29, 1.82) is 0 Å². The summed E-state index contributed by atoms with van der Waals surface area (Å²) in [7, 11) is 0. The lowest BCUT2D eigenvalue weighted by molar-refractivity contribution is -0.131. The van der Waals surface area contributed by atoms with E-state index < -0.39 is 17.9 Å². The predicted octanol–water partition coefficient (Wildman–Crippen LogP) is 0.349. The lowest BCUT2D eigenvalue weighted by Crippen LogP contribution is -2.45. The minimum absolute atomic E-state index is 0.0741.